The van der Waals surface area contributed by atoms with Crippen molar-refractivity contribution in [3.8, 4) is 0 Å². The van der Waals surface area contributed by atoms with Gasteiger partial charge >= 0.3 is 0 Å². The van der Waals surface area contributed by atoms with Crippen LogP contribution in [-0.2, 0) is 0 Å². The molecule has 0 aliphatic carbocycles. The lowest BCUT2D eigenvalue weighted by molar-refractivity contribution is 0.294. The van der Waals surface area contributed by atoms with E-state index in [1.807, 2.05) is 0 Å². The second kappa shape index (κ2) is 6.16. The fraction of sp³-hybridized carbons (Fsp3) is 0.583. The summed E-state index contributed by atoms with van der Waals surface area (Å²) < 4.78 is 0. The summed E-state index contributed by atoms with van der Waals surface area (Å²) in [5.74, 6) is 0.725. The molecule has 0 saturated carbocycles. The number of rotatable bonds is 6. The van der Waals surface area contributed by atoms with Crippen molar-refractivity contribution in [2.75, 3.05) is 25.0 Å². The summed E-state index contributed by atoms with van der Waals surface area (Å²) in [6, 6.07) is 0.268. The van der Waals surface area contributed by atoms with Crippen LogP contribution in [0.15, 0.2) is 6.20 Å². The van der Waals surface area contributed by atoms with E-state index in [1.165, 1.54) is 0 Å². The molecule has 0 aliphatic heterocycles. The van der Waals surface area contributed by atoms with Crippen molar-refractivity contribution >= 4 is 28.5 Å². The number of halogens is 1. The van der Waals surface area contributed by atoms with E-state index >= 15 is 0 Å². The Bertz CT molecular complexity index is 536. The maximum atomic E-state index is 5.90. The second-order valence-corrected chi connectivity index (χ2v) is 4.84. The highest BCUT2D eigenvalue weighted by Gasteiger charge is 2.12. The van der Waals surface area contributed by atoms with Crippen LogP contribution in [0.4, 0.5) is 5.82 Å². The SMILES string of the molecule is CCN(CC)CC(C)Nc1nc(Cl)nc2[nH]ncc12. The van der Waals surface area contributed by atoms with Crippen LogP contribution in [0.25, 0.3) is 11.0 Å². The normalized spacial score (nSPS) is 13.1. The van der Waals surface area contributed by atoms with E-state index in [9.17, 15) is 0 Å². The molecule has 2 N–H and O–H groups in total. The van der Waals surface area contributed by atoms with Gasteiger partial charge in [0.05, 0.1) is 11.6 Å². The number of fused-ring (bicyclic) bond motifs is 1. The summed E-state index contributed by atoms with van der Waals surface area (Å²) in [7, 11) is 0. The van der Waals surface area contributed by atoms with Crippen molar-refractivity contribution < 1.29 is 0 Å². The van der Waals surface area contributed by atoms with Gasteiger partial charge in [0.25, 0.3) is 0 Å². The zero-order valence-corrected chi connectivity index (χ0v) is 12.2. The van der Waals surface area contributed by atoms with E-state index in [0.717, 1.165) is 30.8 Å². The summed E-state index contributed by atoms with van der Waals surface area (Å²) in [6.45, 7) is 9.47. The van der Waals surface area contributed by atoms with Gasteiger partial charge in [-0.25, -0.2) is 0 Å². The molecule has 0 saturated heterocycles. The van der Waals surface area contributed by atoms with E-state index < -0.39 is 0 Å². The fourth-order valence-corrected chi connectivity index (χ4v) is 2.23. The van der Waals surface area contributed by atoms with Crippen molar-refractivity contribution in [3.05, 3.63) is 11.5 Å². The maximum absolute atomic E-state index is 5.90. The number of hydrogen-bond acceptors (Lipinski definition) is 5. The molecular weight excluding hydrogens is 264 g/mol. The monoisotopic (exact) mass is 282 g/mol. The van der Waals surface area contributed by atoms with Gasteiger partial charge in [-0.15, -0.1) is 0 Å². The standard InChI is InChI=1S/C12H19ClN6/c1-4-19(5-2)7-8(3)15-10-9-6-14-18-11(9)17-12(13)16-10/h6,8H,4-5,7H2,1-3H3,(H2,14,15,16,17,18). The van der Waals surface area contributed by atoms with Crippen LogP contribution < -0.4 is 5.32 Å². The zero-order chi connectivity index (χ0) is 13.8. The van der Waals surface area contributed by atoms with E-state index in [4.69, 9.17) is 11.6 Å². The van der Waals surface area contributed by atoms with E-state index in [-0.39, 0.29) is 11.3 Å². The van der Waals surface area contributed by atoms with Crippen LogP contribution in [-0.4, -0.2) is 50.7 Å². The Morgan fingerprint density at radius 3 is 2.79 bits per heavy atom. The molecule has 0 fully saturated rings. The molecular formula is C12H19ClN6. The average molecular weight is 283 g/mol. The first-order chi connectivity index (χ1) is 9.13. The van der Waals surface area contributed by atoms with E-state index in [0.29, 0.717) is 5.65 Å². The molecule has 6 nitrogen and oxygen atoms in total. The minimum atomic E-state index is 0.217. The fourth-order valence-electron chi connectivity index (χ4n) is 2.07. The molecule has 2 heterocycles. The van der Waals surface area contributed by atoms with Gasteiger partial charge in [-0.1, -0.05) is 13.8 Å². The number of H-pyrrole nitrogens is 1. The number of likely N-dealkylation sites (N-methyl/N-ethyl adjacent to an activating group) is 1. The average Bonchev–Trinajstić information content (AvgIpc) is 2.84. The zero-order valence-electron chi connectivity index (χ0n) is 11.4. The molecule has 2 aromatic heterocycles. The summed E-state index contributed by atoms with van der Waals surface area (Å²) in [6.07, 6.45) is 1.71. The second-order valence-electron chi connectivity index (χ2n) is 4.50. The first-order valence-electron chi connectivity index (χ1n) is 6.49. The highest BCUT2D eigenvalue weighted by molar-refractivity contribution is 6.28. The predicted molar refractivity (Wildman–Crippen MR) is 77.6 cm³/mol. The Balaban J connectivity index is 2.14. The first kappa shape index (κ1) is 14.0. The van der Waals surface area contributed by atoms with Crippen LogP contribution in [0.5, 0.6) is 0 Å². The van der Waals surface area contributed by atoms with Gasteiger partial charge in [-0.2, -0.15) is 15.1 Å². The van der Waals surface area contributed by atoms with Gasteiger partial charge in [-0.3, -0.25) is 5.10 Å². The third-order valence-electron chi connectivity index (χ3n) is 3.09. The minimum Gasteiger partial charge on any atom is -0.366 e. The molecule has 0 aliphatic rings. The highest BCUT2D eigenvalue weighted by atomic mass is 35.5. The smallest absolute Gasteiger partial charge is 0.226 e. The van der Waals surface area contributed by atoms with Crippen LogP contribution in [0.2, 0.25) is 5.28 Å². The van der Waals surface area contributed by atoms with Crippen molar-refractivity contribution in [2.24, 2.45) is 0 Å². The first-order valence-corrected chi connectivity index (χ1v) is 6.87. The van der Waals surface area contributed by atoms with Crippen molar-refractivity contribution in [3.63, 3.8) is 0 Å². The Labute approximate surface area is 117 Å². The summed E-state index contributed by atoms with van der Waals surface area (Å²) in [4.78, 5) is 10.7. The Hall–Kier alpha value is -1.40. The molecule has 19 heavy (non-hydrogen) atoms. The van der Waals surface area contributed by atoms with Gasteiger partial charge < -0.3 is 10.2 Å². The van der Waals surface area contributed by atoms with Crippen LogP contribution in [0.3, 0.4) is 0 Å². The molecule has 2 rings (SSSR count). The summed E-state index contributed by atoms with van der Waals surface area (Å²) >= 11 is 5.90. The van der Waals surface area contributed by atoms with Gasteiger partial charge in [0.15, 0.2) is 5.65 Å². The highest BCUT2D eigenvalue weighted by Crippen LogP contribution is 2.20. The van der Waals surface area contributed by atoms with E-state index in [1.54, 1.807) is 6.20 Å². The van der Waals surface area contributed by atoms with Crippen LogP contribution >= 0.6 is 11.6 Å². The molecule has 1 unspecified atom stereocenters. The maximum Gasteiger partial charge on any atom is 0.226 e. The van der Waals surface area contributed by atoms with Crippen LogP contribution in [0.1, 0.15) is 20.8 Å². The molecule has 0 bridgehead atoms. The van der Waals surface area contributed by atoms with Crippen LogP contribution in [0, 0.1) is 0 Å². The van der Waals surface area contributed by atoms with Crippen molar-refractivity contribution in [1.29, 1.82) is 0 Å². The molecule has 7 heteroatoms. The van der Waals surface area contributed by atoms with E-state index in [2.05, 4.69) is 51.2 Å². The van der Waals surface area contributed by atoms with Crippen molar-refractivity contribution in [1.82, 2.24) is 25.1 Å². The molecule has 1 atom stereocenters. The van der Waals surface area contributed by atoms with Gasteiger partial charge in [0.2, 0.25) is 5.28 Å². The third kappa shape index (κ3) is 3.33. The Morgan fingerprint density at radius 1 is 1.37 bits per heavy atom. The lowest BCUT2D eigenvalue weighted by atomic mass is 10.3. The largest absolute Gasteiger partial charge is 0.366 e. The van der Waals surface area contributed by atoms with Crippen molar-refractivity contribution in [2.45, 2.75) is 26.8 Å². The number of aromatic nitrogens is 4. The molecule has 0 spiro atoms. The van der Waals surface area contributed by atoms with Gasteiger partial charge in [-0.05, 0) is 31.6 Å². The topological polar surface area (TPSA) is 69.7 Å². The molecule has 2 aromatic rings. The number of anilines is 1. The predicted octanol–water partition coefficient (Wildman–Crippen LogP) is 2.15. The lowest BCUT2D eigenvalue weighted by Gasteiger charge is -2.23. The molecule has 104 valence electrons. The molecule has 0 aromatic carbocycles. The number of aromatic amines is 1. The molecule has 0 radical (unpaired) electrons. The Kier molecular flexibility index (Phi) is 4.55. The minimum absolute atomic E-state index is 0.217. The number of nitrogens with zero attached hydrogens (tertiary/aromatic N) is 4. The lowest BCUT2D eigenvalue weighted by Crippen LogP contribution is -2.35. The summed E-state index contributed by atoms with van der Waals surface area (Å²) in [5, 5.41) is 11.2. The molecule has 0 amide bonds. The number of nitrogens with one attached hydrogen (secondary N) is 2. The quantitative estimate of drug-likeness (QED) is 0.795. The number of hydrogen-bond donors (Lipinski definition) is 2. The van der Waals surface area contributed by atoms with Gasteiger partial charge in [0.1, 0.15) is 5.82 Å². The Morgan fingerprint density at radius 2 is 2.11 bits per heavy atom. The summed E-state index contributed by atoms with van der Waals surface area (Å²) in [5.41, 5.74) is 0.650. The third-order valence-corrected chi connectivity index (χ3v) is 3.26. The van der Waals surface area contributed by atoms with Gasteiger partial charge in [0, 0.05) is 12.6 Å².